The van der Waals surface area contributed by atoms with Crippen LogP contribution in [0.1, 0.15) is 33.9 Å². The average molecular weight is 384 g/mol. The highest BCUT2D eigenvalue weighted by Gasteiger charge is 2.26. The van der Waals surface area contributed by atoms with Gasteiger partial charge < -0.3 is 5.32 Å². The third-order valence-electron chi connectivity index (χ3n) is 5.12. The van der Waals surface area contributed by atoms with Gasteiger partial charge >= 0.3 is 0 Å². The smallest absolute Gasteiger partial charge is 0.279 e. The number of hydrogen-bond donors (Lipinski definition) is 1. The van der Waals surface area contributed by atoms with Crippen molar-refractivity contribution in [1.82, 2.24) is 24.8 Å². The van der Waals surface area contributed by atoms with Crippen LogP contribution in [0.15, 0.2) is 60.7 Å². The predicted octanol–water partition coefficient (Wildman–Crippen LogP) is 3.50. The molecule has 0 spiro atoms. The van der Waals surface area contributed by atoms with Gasteiger partial charge in [0, 0.05) is 5.56 Å². The number of fused-ring (bicyclic) bond motifs is 1. The van der Waals surface area contributed by atoms with E-state index in [0.29, 0.717) is 11.4 Å². The Morgan fingerprint density at radius 1 is 0.897 bits per heavy atom. The summed E-state index contributed by atoms with van der Waals surface area (Å²) in [6.45, 7) is 1.79. The summed E-state index contributed by atoms with van der Waals surface area (Å²) in [5, 5.41) is 16.6. The Balaban J connectivity index is 1.50. The third-order valence-corrected chi connectivity index (χ3v) is 5.12. The number of rotatable bonds is 4. The standard InChI is InChI=1S/C22H20N6O/c1-15-20(26-28(24-15)17-11-6-3-7-12-17)22(29)23-21-18-13-8-14-19(18)25-27(21)16-9-4-2-5-10-16/h2-7,9-12H,8,13-14H2,1H3,(H,23,29). The normalized spacial score (nSPS) is 12.7. The van der Waals surface area contributed by atoms with Crippen molar-refractivity contribution >= 4 is 11.7 Å². The number of nitrogens with zero attached hydrogens (tertiary/aromatic N) is 5. The first-order chi connectivity index (χ1) is 14.2. The van der Waals surface area contributed by atoms with Crippen LogP contribution in [0.5, 0.6) is 0 Å². The minimum Gasteiger partial charge on any atom is -0.305 e. The first-order valence-electron chi connectivity index (χ1n) is 9.67. The van der Waals surface area contributed by atoms with Crippen LogP contribution in [0.4, 0.5) is 5.82 Å². The number of aryl methyl sites for hydroxylation is 2. The Bertz CT molecular complexity index is 1180. The number of carbonyl (C=O) groups excluding carboxylic acids is 1. The highest BCUT2D eigenvalue weighted by molar-refractivity contribution is 6.03. The lowest BCUT2D eigenvalue weighted by Crippen LogP contribution is -2.18. The zero-order valence-electron chi connectivity index (χ0n) is 16.0. The molecule has 2 aromatic carbocycles. The quantitative estimate of drug-likeness (QED) is 0.584. The van der Waals surface area contributed by atoms with Crippen LogP contribution >= 0.6 is 0 Å². The van der Waals surface area contributed by atoms with E-state index in [2.05, 4.69) is 15.5 Å². The number of hydrogen-bond acceptors (Lipinski definition) is 4. The van der Waals surface area contributed by atoms with Crippen molar-refractivity contribution in [3.05, 3.63) is 83.3 Å². The molecule has 1 aliphatic rings. The van der Waals surface area contributed by atoms with Gasteiger partial charge in [-0.15, -0.1) is 5.10 Å². The van der Waals surface area contributed by atoms with E-state index in [1.54, 1.807) is 6.92 Å². The topological polar surface area (TPSA) is 77.6 Å². The molecule has 7 nitrogen and oxygen atoms in total. The molecule has 0 atom stereocenters. The molecule has 29 heavy (non-hydrogen) atoms. The largest absolute Gasteiger partial charge is 0.305 e. The molecule has 0 fully saturated rings. The van der Waals surface area contributed by atoms with Gasteiger partial charge in [0.1, 0.15) is 5.82 Å². The molecule has 0 saturated carbocycles. The maximum atomic E-state index is 13.1. The highest BCUT2D eigenvalue weighted by atomic mass is 16.2. The van der Waals surface area contributed by atoms with E-state index in [4.69, 9.17) is 5.10 Å². The van der Waals surface area contributed by atoms with E-state index < -0.39 is 0 Å². The monoisotopic (exact) mass is 384 g/mol. The summed E-state index contributed by atoms with van der Waals surface area (Å²) < 4.78 is 1.82. The summed E-state index contributed by atoms with van der Waals surface area (Å²) in [6.07, 6.45) is 2.90. The van der Waals surface area contributed by atoms with Crippen molar-refractivity contribution in [3.63, 3.8) is 0 Å². The molecule has 0 bridgehead atoms. The summed E-state index contributed by atoms with van der Waals surface area (Å²) in [5.41, 5.74) is 4.77. The van der Waals surface area contributed by atoms with Gasteiger partial charge in [-0.05, 0) is 50.5 Å². The Morgan fingerprint density at radius 3 is 2.31 bits per heavy atom. The molecule has 2 aromatic heterocycles. The zero-order chi connectivity index (χ0) is 19.8. The molecule has 0 aliphatic heterocycles. The fraction of sp³-hybridized carbons (Fsp3) is 0.182. The molecule has 0 unspecified atom stereocenters. The Kier molecular flexibility index (Phi) is 4.20. The van der Waals surface area contributed by atoms with Gasteiger partial charge in [-0.3, -0.25) is 4.79 Å². The summed E-state index contributed by atoms with van der Waals surface area (Å²) in [4.78, 5) is 14.6. The minimum atomic E-state index is -0.281. The van der Waals surface area contributed by atoms with Crippen molar-refractivity contribution in [3.8, 4) is 11.4 Å². The van der Waals surface area contributed by atoms with Gasteiger partial charge in [-0.2, -0.15) is 15.0 Å². The van der Waals surface area contributed by atoms with Crippen molar-refractivity contribution in [2.24, 2.45) is 0 Å². The second-order valence-corrected chi connectivity index (χ2v) is 7.09. The third kappa shape index (κ3) is 3.10. The Morgan fingerprint density at radius 2 is 1.59 bits per heavy atom. The summed E-state index contributed by atoms with van der Waals surface area (Å²) >= 11 is 0. The number of anilines is 1. The number of para-hydroxylation sites is 2. The van der Waals surface area contributed by atoms with E-state index in [1.807, 2.05) is 65.3 Å². The number of amides is 1. The van der Waals surface area contributed by atoms with Crippen LogP contribution in [0.3, 0.4) is 0 Å². The second-order valence-electron chi connectivity index (χ2n) is 7.09. The van der Waals surface area contributed by atoms with Crippen molar-refractivity contribution in [2.45, 2.75) is 26.2 Å². The molecule has 144 valence electrons. The average Bonchev–Trinajstić information content (AvgIpc) is 3.45. The van der Waals surface area contributed by atoms with Crippen molar-refractivity contribution in [2.75, 3.05) is 5.32 Å². The van der Waals surface area contributed by atoms with Crippen molar-refractivity contribution in [1.29, 1.82) is 0 Å². The molecule has 1 amide bonds. The molecule has 7 heteroatoms. The van der Waals surface area contributed by atoms with E-state index in [9.17, 15) is 4.79 Å². The lowest BCUT2D eigenvalue weighted by molar-refractivity contribution is 0.102. The van der Waals surface area contributed by atoms with Gasteiger partial charge in [-0.25, -0.2) is 4.68 Å². The summed E-state index contributed by atoms with van der Waals surface area (Å²) in [7, 11) is 0. The summed E-state index contributed by atoms with van der Waals surface area (Å²) in [6, 6.07) is 19.4. The number of nitrogens with one attached hydrogen (secondary N) is 1. The van der Waals surface area contributed by atoms with Gasteiger partial charge in [0.2, 0.25) is 0 Å². The molecule has 2 heterocycles. The van der Waals surface area contributed by atoms with Gasteiger partial charge in [0.15, 0.2) is 5.69 Å². The zero-order valence-corrected chi connectivity index (χ0v) is 16.0. The van der Waals surface area contributed by atoms with Gasteiger partial charge in [0.25, 0.3) is 5.91 Å². The number of benzene rings is 2. The first-order valence-corrected chi connectivity index (χ1v) is 9.67. The number of carbonyl (C=O) groups is 1. The number of aromatic nitrogens is 5. The molecule has 4 aromatic rings. The van der Waals surface area contributed by atoms with Crippen LogP contribution in [-0.4, -0.2) is 30.7 Å². The van der Waals surface area contributed by atoms with Gasteiger partial charge in [-0.1, -0.05) is 36.4 Å². The van der Waals surface area contributed by atoms with Crippen LogP contribution in [0.25, 0.3) is 11.4 Å². The van der Waals surface area contributed by atoms with E-state index in [0.717, 1.165) is 47.7 Å². The summed E-state index contributed by atoms with van der Waals surface area (Å²) in [5.74, 6) is 0.443. The fourth-order valence-corrected chi connectivity index (χ4v) is 3.71. The molecule has 0 radical (unpaired) electrons. The van der Waals surface area contributed by atoms with E-state index in [1.165, 1.54) is 4.80 Å². The molecule has 5 rings (SSSR count). The first kappa shape index (κ1) is 17.4. The van der Waals surface area contributed by atoms with E-state index in [-0.39, 0.29) is 5.91 Å². The lowest BCUT2D eigenvalue weighted by atomic mass is 10.2. The van der Waals surface area contributed by atoms with Crippen LogP contribution in [-0.2, 0) is 12.8 Å². The van der Waals surface area contributed by atoms with Crippen molar-refractivity contribution < 1.29 is 4.79 Å². The predicted molar refractivity (Wildman–Crippen MR) is 110 cm³/mol. The fourth-order valence-electron chi connectivity index (χ4n) is 3.71. The molecule has 0 saturated heterocycles. The lowest BCUT2D eigenvalue weighted by Gasteiger charge is -2.10. The maximum absolute atomic E-state index is 13.1. The molecular weight excluding hydrogens is 364 g/mol. The second kappa shape index (κ2) is 7.01. The van der Waals surface area contributed by atoms with Crippen LogP contribution in [0, 0.1) is 6.92 Å². The molecule has 1 N–H and O–H groups in total. The Labute approximate surface area is 168 Å². The van der Waals surface area contributed by atoms with Gasteiger partial charge in [0.05, 0.1) is 22.8 Å². The van der Waals surface area contributed by atoms with E-state index >= 15 is 0 Å². The Hall–Kier alpha value is -3.74. The highest BCUT2D eigenvalue weighted by Crippen LogP contribution is 2.31. The van der Waals surface area contributed by atoms with Crippen LogP contribution < -0.4 is 5.32 Å². The SMILES string of the molecule is Cc1nn(-c2ccccc2)nc1C(=O)Nc1c2c(nn1-c1ccccc1)CCC2. The molecule has 1 aliphatic carbocycles. The van der Waals surface area contributed by atoms with Crippen LogP contribution in [0.2, 0.25) is 0 Å². The molecular formula is C22H20N6O. The minimum absolute atomic E-state index is 0.281. The maximum Gasteiger partial charge on any atom is 0.279 e.